The lowest BCUT2D eigenvalue weighted by molar-refractivity contribution is -0.114. The number of hydrogen-bond donors (Lipinski definition) is 0. The Bertz CT molecular complexity index is 152. The van der Waals surface area contributed by atoms with E-state index in [1.165, 1.54) is 25.7 Å². The van der Waals surface area contributed by atoms with Crippen molar-refractivity contribution in [2.45, 2.75) is 32.6 Å². The van der Waals surface area contributed by atoms with Crippen molar-refractivity contribution >= 4 is 5.78 Å². The summed E-state index contributed by atoms with van der Waals surface area (Å²) in [7, 11) is 0. The minimum absolute atomic E-state index is 0.173. The molecule has 10 heavy (non-hydrogen) atoms. The van der Waals surface area contributed by atoms with Crippen molar-refractivity contribution in [2.75, 3.05) is 0 Å². The van der Waals surface area contributed by atoms with Crippen LogP contribution in [0.3, 0.4) is 0 Å². The Morgan fingerprint density at radius 2 is 1.90 bits per heavy atom. The molecular formula is C9H14O. The highest BCUT2D eigenvalue weighted by Crippen LogP contribution is 2.30. The fraction of sp³-hybridized carbons (Fsp3) is 0.667. The number of hydrogen-bond acceptors (Lipinski definition) is 1. The van der Waals surface area contributed by atoms with Crippen LogP contribution < -0.4 is 0 Å². The van der Waals surface area contributed by atoms with Gasteiger partial charge in [0.15, 0.2) is 5.78 Å². The van der Waals surface area contributed by atoms with E-state index in [0.29, 0.717) is 5.92 Å². The summed E-state index contributed by atoms with van der Waals surface area (Å²) in [6, 6.07) is 0. The maximum absolute atomic E-state index is 10.8. The lowest BCUT2D eigenvalue weighted by atomic mass is 9.96. The van der Waals surface area contributed by atoms with Crippen molar-refractivity contribution < 1.29 is 4.79 Å². The van der Waals surface area contributed by atoms with E-state index in [2.05, 4.69) is 6.58 Å². The average molecular weight is 138 g/mol. The topological polar surface area (TPSA) is 17.1 Å². The second-order valence-corrected chi connectivity index (χ2v) is 3.06. The van der Waals surface area contributed by atoms with E-state index in [-0.39, 0.29) is 5.78 Å². The van der Waals surface area contributed by atoms with Gasteiger partial charge >= 0.3 is 0 Å². The minimum atomic E-state index is 0.173. The molecule has 0 aromatic rings. The smallest absolute Gasteiger partial charge is 0.155 e. The van der Waals surface area contributed by atoms with E-state index in [0.717, 1.165) is 5.57 Å². The third-order valence-electron chi connectivity index (χ3n) is 2.30. The molecule has 0 saturated heterocycles. The van der Waals surface area contributed by atoms with Gasteiger partial charge in [-0.05, 0) is 31.3 Å². The van der Waals surface area contributed by atoms with Crippen LogP contribution in [0.15, 0.2) is 12.2 Å². The zero-order valence-corrected chi connectivity index (χ0v) is 6.52. The predicted octanol–water partition coefficient (Wildman–Crippen LogP) is 2.32. The average Bonchev–Trinajstić information content (AvgIpc) is 2.36. The Kier molecular flexibility index (Phi) is 2.25. The van der Waals surface area contributed by atoms with Gasteiger partial charge in [0, 0.05) is 0 Å². The first-order valence-corrected chi connectivity index (χ1v) is 3.91. The van der Waals surface area contributed by atoms with Crippen molar-refractivity contribution in [1.29, 1.82) is 0 Å². The zero-order chi connectivity index (χ0) is 7.56. The van der Waals surface area contributed by atoms with Gasteiger partial charge in [-0.1, -0.05) is 19.4 Å². The molecule has 1 aliphatic rings. The lowest BCUT2D eigenvalue weighted by Gasteiger charge is -2.07. The van der Waals surface area contributed by atoms with Gasteiger partial charge in [0.1, 0.15) is 0 Å². The normalized spacial score (nSPS) is 19.3. The van der Waals surface area contributed by atoms with E-state index in [1.807, 2.05) is 0 Å². The summed E-state index contributed by atoms with van der Waals surface area (Å²) in [5.41, 5.74) is 0.845. The molecule has 1 fully saturated rings. The maximum Gasteiger partial charge on any atom is 0.155 e. The van der Waals surface area contributed by atoms with Gasteiger partial charge < -0.3 is 0 Å². The van der Waals surface area contributed by atoms with Crippen LogP contribution >= 0.6 is 0 Å². The predicted molar refractivity (Wildman–Crippen MR) is 41.8 cm³/mol. The largest absolute Gasteiger partial charge is 0.295 e. The summed E-state index contributed by atoms with van der Waals surface area (Å²) >= 11 is 0. The number of carbonyl (C=O) groups excluding carboxylic acids is 1. The highest BCUT2D eigenvalue weighted by Gasteiger charge is 2.19. The van der Waals surface area contributed by atoms with E-state index in [1.54, 1.807) is 6.92 Å². The molecule has 0 aromatic carbocycles. The van der Waals surface area contributed by atoms with Crippen molar-refractivity contribution in [2.24, 2.45) is 5.92 Å². The Balaban J connectivity index is 2.48. The van der Waals surface area contributed by atoms with Gasteiger partial charge in [0.05, 0.1) is 0 Å². The number of carbonyl (C=O) groups is 1. The zero-order valence-electron chi connectivity index (χ0n) is 6.52. The van der Waals surface area contributed by atoms with Gasteiger partial charge in [-0.2, -0.15) is 0 Å². The van der Waals surface area contributed by atoms with Crippen LogP contribution in [0.4, 0.5) is 0 Å². The Morgan fingerprint density at radius 1 is 1.40 bits per heavy atom. The molecule has 0 aromatic heterocycles. The molecule has 0 aliphatic heterocycles. The monoisotopic (exact) mass is 138 g/mol. The molecule has 0 bridgehead atoms. The fourth-order valence-electron chi connectivity index (χ4n) is 1.56. The van der Waals surface area contributed by atoms with Gasteiger partial charge in [0.2, 0.25) is 0 Å². The summed E-state index contributed by atoms with van der Waals surface area (Å²) in [5.74, 6) is 0.685. The van der Waals surface area contributed by atoms with Gasteiger partial charge in [0.25, 0.3) is 0 Å². The van der Waals surface area contributed by atoms with Crippen molar-refractivity contribution in [3.8, 4) is 0 Å². The van der Waals surface area contributed by atoms with Gasteiger partial charge in [-0.15, -0.1) is 0 Å². The molecule has 56 valence electrons. The van der Waals surface area contributed by atoms with Crippen molar-refractivity contribution in [1.82, 2.24) is 0 Å². The Labute approximate surface area is 62.1 Å². The van der Waals surface area contributed by atoms with Crippen LogP contribution in [-0.2, 0) is 4.79 Å². The fourth-order valence-corrected chi connectivity index (χ4v) is 1.56. The second-order valence-electron chi connectivity index (χ2n) is 3.06. The molecule has 0 atom stereocenters. The molecule has 0 N–H and O–H groups in total. The van der Waals surface area contributed by atoms with E-state index in [9.17, 15) is 4.79 Å². The van der Waals surface area contributed by atoms with Crippen LogP contribution in [-0.4, -0.2) is 5.78 Å². The summed E-state index contributed by atoms with van der Waals surface area (Å²) in [4.78, 5) is 10.8. The van der Waals surface area contributed by atoms with Gasteiger partial charge in [-0.25, -0.2) is 0 Å². The van der Waals surface area contributed by atoms with Crippen molar-refractivity contribution in [3.63, 3.8) is 0 Å². The summed E-state index contributed by atoms with van der Waals surface area (Å²) < 4.78 is 0. The molecule has 1 nitrogen and oxygen atoms in total. The summed E-state index contributed by atoms with van der Waals surface area (Å²) in [5, 5.41) is 0. The molecule has 0 heterocycles. The first-order valence-electron chi connectivity index (χ1n) is 3.91. The number of allylic oxidation sites excluding steroid dienone is 1. The Hall–Kier alpha value is -0.590. The van der Waals surface area contributed by atoms with E-state index >= 15 is 0 Å². The third-order valence-corrected chi connectivity index (χ3v) is 2.30. The molecule has 1 saturated carbocycles. The molecule has 0 amide bonds. The molecule has 0 radical (unpaired) electrons. The van der Waals surface area contributed by atoms with Crippen molar-refractivity contribution in [3.05, 3.63) is 12.2 Å². The number of rotatable bonds is 2. The Morgan fingerprint density at radius 3 is 2.30 bits per heavy atom. The van der Waals surface area contributed by atoms with E-state index < -0.39 is 0 Å². The third kappa shape index (κ3) is 1.47. The highest BCUT2D eigenvalue weighted by atomic mass is 16.1. The quantitative estimate of drug-likeness (QED) is 0.535. The van der Waals surface area contributed by atoms with Gasteiger partial charge in [-0.3, -0.25) is 4.79 Å². The van der Waals surface area contributed by atoms with Crippen LogP contribution in [0, 0.1) is 5.92 Å². The lowest BCUT2D eigenvalue weighted by Crippen LogP contribution is -2.05. The first-order chi connectivity index (χ1) is 4.72. The van der Waals surface area contributed by atoms with E-state index in [4.69, 9.17) is 0 Å². The van der Waals surface area contributed by atoms with Crippen LogP contribution in [0.25, 0.3) is 0 Å². The molecule has 0 unspecified atom stereocenters. The standard InChI is InChI=1S/C9H14O/c1-7(8(2)10)9-5-3-4-6-9/h9H,1,3-6H2,2H3. The molecule has 1 aliphatic carbocycles. The first kappa shape index (κ1) is 7.52. The summed E-state index contributed by atoms with van der Waals surface area (Å²) in [6.45, 7) is 5.40. The number of ketones is 1. The molecule has 1 rings (SSSR count). The summed E-state index contributed by atoms with van der Waals surface area (Å²) in [6.07, 6.45) is 4.91. The number of Topliss-reactive ketones (excluding diaryl/α,β-unsaturated/α-hetero) is 1. The van der Waals surface area contributed by atoms with Crippen LogP contribution in [0.5, 0.6) is 0 Å². The maximum atomic E-state index is 10.8. The van der Waals surface area contributed by atoms with Crippen LogP contribution in [0.2, 0.25) is 0 Å². The molecular weight excluding hydrogens is 124 g/mol. The second kappa shape index (κ2) is 3.00. The molecule has 1 heteroatoms. The molecule has 0 spiro atoms. The van der Waals surface area contributed by atoms with Crippen LogP contribution in [0.1, 0.15) is 32.6 Å². The minimum Gasteiger partial charge on any atom is -0.295 e. The highest BCUT2D eigenvalue weighted by molar-refractivity contribution is 5.93. The SMILES string of the molecule is C=C(C(C)=O)C1CCCC1.